The lowest BCUT2D eigenvalue weighted by atomic mass is 10.2. The fraction of sp³-hybridized carbons (Fsp3) is 0.667. The van der Waals surface area contributed by atoms with E-state index < -0.39 is 36.4 Å². The number of carbonyl (C=O) groups is 4. The Morgan fingerprint density at radius 1 is 1.05 bits per heavy atom. The number of esters is 2. The minimum atomic E-state index is -1.07. The third-order valence-electron chi connectivity index (χ3n) is 2.19. The molecule has 19 heavy (non-hydrogen) atoms. The van der Waals surface area contributed by atoms with Crippen LogP contribution in [-0.4, -0.2) is 49.4 Å². The predicted octanol–water partition coefficient (Wildman–Crippen LogP) is 0.0444. The number of ether oxygens (including phenoxy) is 3. The van der Waals surface area contributed by atoms with Gasteiger partial charge in [0.2, 0.25) is 0 Å². The maximum Gasteiger partial charge on any atom is 0.335 e. The monoisotopic (exact) mass is 274 g/mol. The van der Waals surface area contributed by atoms with Crippen LogP contribution in [0.2, 0.25) is 0 Å². The van der Waals surface area contributed by atoms with Crippen LogP contribution in [0.15, 0.2) is 0 Å². The van der Waals surface area contributed by atoms with Crippen LogP contribution in [0.1, 0.15) is 27.2 Å². The highest BCUT2D eigenvalue weighted by atomic mass is 16.6. The molecule has 0 amide bonds. The summed E-state index contributed by atoms with van der Waals surface area (Å²) in [5, 5.41) is 0. The van der Waals surface area contributed by atoms with Crippen LogP contribution in [0.5, 0.6) is 0 Å². The molecule has 0 rings (SSSR count). The van der Waals surface area contributed by atoms with E-state index in [1.54, 1.807) is 0 Å². The molecule has 0 aliphatic carbocycles. The van der Waals surface area contributed by atoms with Gasteiger partial charge in [0.05, 0.1) is 0 Å². The van der Waals surface area contributed by atoms with Crippen molar-refractivity contribution in [3.63, 3.8) is 0 Å². The molecule has 2 atom stereocenters. The number of hydrogen-bond donors (Lipinski definition) is 0. The van der Waals surface area contributed by atoms with Crippen LogP contribution in [0.3, 0.4) is 0 Å². The second-order valence-corrected chi connectivity index (χ2v) is 3.96. The van der Waals surface area contributed by atoms with Crippen molar-refractivity contribution in [1.82, 2.24) is 0 Å². The fourth-order valence-electron chi connectivity index (χ4n) is 0.951. The van der Waals surface area contributed by atoms with E-state index in [-0.39, 0.29) is 12.4 Å². The SMILES string of the molecule is COC(C)C(=O)OC(C)C(=O)CC(=O)OCC(C)=O. The topological polar surface area (TPSA) is 96.0 Å². The zero-order chi connectivity index (χ0) is 15.0. The van der Waals surface area contributed by atoms with Crippen LogP contribution in [0.25, 0.3) is 0 Å². The first-order valence-electron chi connectivity index (χ1n) is 5.69. The molecular formula is C12H18O7. The van der Waals surface area contributed by atoms with E-state index >= 15 is 0 Å². The lowest BCUT2D eigenvalue weighted by Crippen LogP contribution is -2.31. The number of ketones is 2. The summed E-state index contributed by atoms with van der Waals surface area (Å²) in [6, 6.07) is 0. The van der Waals surface area contributed by atoms with Gasteiger partial charge in [0.25, 0.3) is 0 Å². The van der Waals surface area contributed by atoms with Gasteiger partial charge < -0.3 is 14.2 Å². The van der Waals surface area contributed by atoms with E-state index in [1.807, 2.05) is 0 Å². The van der Waals surface area contributed by atoms with Gasteiger partial charge in [0, 0.05) is 7.11 Å². The van der Waals surface area contributed by atoms with E-state index in [9.17, 15) is 19.2 Å². The zero-order valence-corrected chi connectivity index (χ0v) is 11.4. The molecule has 0 aromatic carbocycles. The Balaban J connectivity index is 4.16. The smallest absolute Gasteiger partial charge is 0.335 e. The molecule has 7 nitrogen and oxygen atoms in total. The first kappa shape index (κ1) is 17.2. The molecule has 0 heterocycles. The molecule has 0 aliphatic heterocycles. The van der Waals surface area contributed by atoms with Gasteiger partial charge in [-0.05, 0) is 20.8 Å². The maximum atomic E-state index is 11.5. The summed E-state index contributed by atoms with van der Waals surface area (Å²) in [6.07, 6.45) is -2.42. The minimum absolute atomic E-state index is 0.325. The predicted molar refractivity (Wildman–Crippen MR) is 63.3 cm³/mol. The maximum absolute atomic E-state index is 11.5. The number of hydrogen-bond acceptors (Lipinski definition) is 7. The van der Waals surface area contributed by atoms with Crippen LogP contribution in [0, 0.1) is 0 Å². The summed E-state index contributed by atoms with van der Waals surface area (Å²) in [7, 11) is 1.33. The molecule has 0 radical (unpaired) electrons. The summed E-state index contributed by atoms with van der Waals surface area (Å²) < 4.78 is 14.1. The molecule has 0 saturated carbocycles. The fourth-order valence-corrected chi connectivity index (χ4v) is 0.951. The number of methoxy groups -OCH3 is 1. The van der Waals surface area contributed by atoms with Gasteiger partial charge in [-0.1, -0.05) is 0 Å². The Labute approximate surface area is 111 Å². The summed E-state index contributed by atoms with van der Waals surface area (Å²) in [4.78, 5) is 44.6. The molecule has 0 spiro atoms. The van der Waals surface area contributed by atoms with Crippen molar-refractivity contribution in [2.75, 3.05) is 13.7 Å². The second-order valence-electron chi connectivity index (χ2n) is 3.96. The van der Waals surface area contributed by atoms with Crippen molar-refractivity contribution in [2.45, 2.75) is 39.4 Å². The molecule has 108 valence electrons. The van der Waals surface area contributed by atoms with Crippen LogP contribution >= 0.6 is 0 Å². The third kappa shape index (κ3) is 7.30. The second kappa shape index (κ2) is 8.36. The molecule has 0 aromatic rings. The van der Waals surface area contributed by atoms with E-state index in [0.29, 0.717) is 0 Å². The molecule has 7 heteroatoms. The Kier molecular flexibility index (Phi) is 7.59. The first-order valence-corrected chi connectivity index (χ1v) is 5.69. The Morgan fingerprint density at radius 2 is 1.63 bits per heavy atom. The molecule has 0 N–H and O–H groups in total. The van der Waals surface area contributed by atoms with Gasteiger partial charge in [0.1, 0.15) is 13.0 Å². The quantitative estimate of drug-likeness (QED) is 0.455. The Morgan fingerprint density at radius 3 is 2.11 bits per heavy atom. The van der Waals surface area contributed by atoms with E-state index in [2.05, 4.69) is 4.74 Å². The average molecular weight is 274 g/mol. The summed E-state index contributed by atoms with van der Waals surface area (Å²) >= 11 is 0. The van der Waals surface area contributed by atoms with E-state index in [1.165, 1.54) is 27.9 Å². The van der Waals surface area contributed by atoms with Gasteiger partial charge >= 0.3 is 11.9 Å². The standard InChI is InChI=1S/C12H18O7/c1-7(13)6-18-11(15)5-10(14)8(2)19-12(16)9(3)17-4/h8-9H,5-6H2,1-4H3. The highest BCUT2D eigenvalue weighted by molar-refractivity contribution is 5.99. The highest BCUT2D eigenvalue weighted by Gasteiger charge is 2.23. The van der Waals surface area contributed by atoms with Crippen molar-refractivity contribution >= 4 is 23.5 Å². The van der Waals surface area contributed by atoms with E-state index in [4.69, 9.17) is 9.47 Å². The van der Waals surface area contributed by atoms with Gasteiger partial charge in [0.15, 0.2) is 23.8 Å². The van der Waals surface area contributed by atoms with Gasteiger partial charge in [-0.25, -0.2) is 4.79 Å². The molecule has 0 fully saturated rings. The van der Waals surface area contributed by atoms with Crippen molar-refractivity contribution < 1.29 is 33.4 Å². The third-order valence-corrected chi connectivity index (χ3v) is 2.19. The van der Waals surface area contributed by atoms with Crippen molar-refractivity contribution in [2.24, 2.45) is 0 Å². The molecule has 0 saturated heterocycles. The van der Waals surface area contributed by atoms with Crippen molar-refractivity contribution in [3.8, 4) is 0 Å². The summed E-state index contributed by atoms with van der Waals surface area (Å²) in [5.74, 6) is -2.46. The lowest BCUT2D eigenvalue weighted by molar-refractivity contribution is -0.164. The Hall–Kier alpha value is -1.76. The number of rotatable bonds is 8. The van der Waals surface area contributed by atoms with Crippen molar-refractivity contribution in [1.29, 1.82) is 0 Å². The lowest BCUT2D eigenvalue weighted by Gasteiger charge is -2.14. The van der Waals surface area contributed by atoms with Gasteiger partial charge in [-0.2, -0.15) is 0 Å². The Bertz CT molecular complexity index is 361. The van der Waals surface area contributed by atoms with E-state index in [0.717, 1.165) is 0 Å². The molecule has 2 unspecified atom stereocenters. The molecule has 0 aromatic heterocycles. The van der Waals surface area contributed by atoms with Crippen LogP contribution < -0.4 is 0 Å². The number of carbonyl (C=O) groups excluding carboxylic acids is 4. The molecular weight excluding hydrogens is 256 g/mol. The minimum Gasteiger partial charge on any atom is -0.457 e. The average Bonchev–Trinajstić information content (AvgIpc) is 2.34. The summed E-state index contributed by atoms with van der Waals surface area (Å²) in [5.41, 5.74) is 0. The van der Waals surface area contributed by atoms with Crippen LogP contribution in [-0.2, 0) is 33.4 Å². The van der Waals surface area contributed by atoms with Gasteiger partial charge in [-0.15, -0.1) is 0 Å². The molecule has 0 bridgehead atoms. The summed E-state index contributed by atoms with van der Waals surface area (Å²) in [6.45, 7) is 3.70. The molecule has 0 aliphatic rings. The first-order chi connectivity index (χ1) is 8.77. The highest BCUT2D eigenvalue weighted by Crippen LogP contribution is 2.02. The normalized spacial score (nSPS) is 13.3. The van der Waals surface area contributed by atoms with Crippen LogP contribution in [0.4, 0.5) is 0 Å². The zero-order valence-electron chi connectivity index (χ0n) is 11.4. The number of Topliss-reactive ketones (excluding diaryl/α,β-unsaturated/α-hetero) is 2. The van der Waals surface area contributed by atoms with Crippen molar-refractivity contribution in [3.05, 3.63) is 0 Å². The largest absolute Gasteiger partial charge is 0.457 e. The van der Waals surface area contributed by atoms with Gasteiger partial charge in [-0.3, -0.25) is 14.4 Å².